The van der Waals surface area contributed by atoms with E-state index in [0.29, 0.717) is 26.2 Å². The Hall–Kier alpha value is -3.13. The normalized spacial score (nSPS) is 20.2. The number of hydrogen-bond acceptors (Lipinski definition) is 6. The number of pyridine rings is 1. The third-order valence-corrected chi connectivity index (χ3v) is 6.37. The molecule has 188 valence electrons. The summed E-state index contributed by atoms with van der Waals surface area (Å²) in [4.78, 5) is 33.9. The molecule has 2 aliphatic rings. The SMILES string of the molecule is CC(C)(C)OC(=O)N1CCN(C(=O)OCc2ccccc2)CC1CN[C@H]1CCCc2cccnc21. The number of carbonyl (C=O) groups is 2. The van der Waals surface area contributed by atoms with Crippen molar-refractivity contribution in [1.82, 2.24) is 20.1 Å². The summed E-state index contributed by atoms with van der Waals surface area (Å²) < 4.78 is 11.2. The first-order chi connectivity index (χ1) is 16.8. The van der Waals surface area contributed by atoms with Gasteiger partial charge >= 0.3 is 12.2 Å². The fourth-order valence-electron chi connectivity index (χ4n) is 4.65. The van der Waals surface area contributed by atoms with Gasteiger partial charge in [0.2, 0.25) is 0 Å². The molecule has 8 nitrogen and oxygen atoms in total. The molecular formula is C27H36N4O4. The van der Waals surface area contributed by atoms with E-state index in [9.17, 15) is 9.59 Å². The average molecular weight is 481 g/mol. The summed E-state index contributed by atoms with van der Waals surface area (Å²) in [5.74, 6) is 0. The Morgan fingerprint density at radius 2 is 1.89 bits per heavy atom. The van der Waals surface area contributed by atoms with E-state index >= 15 is 0 Å². The highest BCUT2D eigenvalue weighted by Crippen LogP contribution is 2.28. The summed E-state index contributed by atoms with van der Waals surface area (Å²) in [6.07, 6.45) is 4.23. The predicted octanol–water partition coefficient (Wildman–Crippen LogP) is 4.31. The first-order valence-corrected chi connectivity index (χ1v) is 12.4. The molecule has 0 bridgehead atoms. The fraction of sp³-hybridized carbons (Fsp3) is 0.519. The molecule has 0 saturated carbocycles. The topological polar surface area (TPSA) is 84.0 Å². The number of benzene rings is 1. The van der Waals surface area contributed by atoms with Gasteiger partial charge < -0.3 is 24.6 Å². The predicted molar refractivity (Wildman–Crippen MR) is 133 cm³/mol. The lowest BCUT2D eigenvalue weighted by Gasteiger charge is -2.42. The molecule has 35 heavy (non-hydrogen) atoms. The molecule has 4 rings (SSSR count). The molecule has 1 fully saturated rings. The number of aryl methyl sites for hydroxylation is 1. The number of rotatable bonds is 5. The zero-order valence-corrected chi connectivity index (χ0v) is 20.9. The van der Waals surface area contributed by atoms with Crippen LogP contribution in [0.5, 0.6) is 0 Å². The Bertz CT molecular complexity index is 1010. The second kappa shape index (κ2) is 11.1. The third-order valence-electron chi connectivity index (χ3n) is 6.37. The number of aromatic nitrogens is 1. The standard InChI is InChI=1S/C27H36N4O4/c1-27(2,3)35-26(33)31-16-15-30(25(32)34-19-20-9-5-4-6-10-20)18-22(31)17-29-23-13-7-11-21-12-8-14-28-24(21)23/h4-6,8-10,12,14,22-23,29H,7,11,13,15-19H2,1-3H3/t22?,23-/m0/s1. The van der Waals surface area contributed by atoms with Crippen molar-refractivity contribution in [3.8, 4) is 0 Å². The number of piperazine rings is 1. The summed E-state index contributed by atoms with van der Waals surface area (Å²) in [5, 5.41) is 3.62. The van der Waals surface area contributed by atoms with E-state index in [1.54, 1.807) is 9.80 Å². The van der Waals surface area contributed by atoms with Crippen molar-refractivity contribution in [3.05, 3.63) is 65.5 Å². The molecule has 0 spiro atoms. The zero-order chi connectivity index (χ0) is 24.8. The summed E-state index contributed by atoms with van der Waals surface area (Å²) in [7, 11) is 0. The van der Waals surface area contributed by atoms with Crippen molar-refractivity contribution in [2.75, 3.05) is 26.2 Å². The van der Waals surface area contributed by atoms with Crippen LogP contribution in [0.2, 0.25) is 0 Å². The van der Waals surface area contributed by atoms with Crippen LogP contribution >= 0.6 is 0 Å². The lowest BCUT2D eigenvalue weighted by atomic mass is 9.91. The smallest absolute Gasteiger partial charge is 0.410 e. The Morgan fingerprint density at radius 1 is 1.09 bits per heavy atom. The van der Waals surface area contributed by atoms with Crippen molar-refractivity contribution in [2.45, 2.75) is 64.3 Å². The summed E-state index contributed by atoms with van der Waals surface area (Å²) >= 11 is 0. The van der Waals surface area contributed by atoms with Crippen LogP contribution in [0.15, 0.2) is 48.7 Å². The summed E-state index contributed by atoms with van der Waals surface area (Å²) in [6.45, 7) is 7.50. The molecular weight excluding hydrogens is 444 g/mol. The van der Waals surface area contributed by atoms with Gasteiger partial charge in [-0.05, 0) is 57.2 Å². The molecule has 1 aliphatic heterocycles. The van der Waals surface area contributed by atoms with Crippen LogP contribution in [0.3, 0.4) is 0 Å². The number of fused-ring (bicyclic) bond motifs is 1. The maximum atomic E-state index is 13.0. The van der Waals surface area contributed by atoms with Crippen LogP contribution in [-0.2, 0) is 22.5 Å². The fourth-order valence-corrected chi connectivity index (χ4v) is 4.65. The van der Waals surface area contributed by atoms with Gasteiger partial charge in [0.15, 0.2) is 0 Å². The molecule has 2 aromatic rings. The maximum absolute atomic E-state index is 13.0. The van der Waals surface area contributed by atoms with Gasteiger partial charge in [-0.2, -0.15) is 0 Å². The van der Waals surface area contributed by atoms with Crippen LogP contribution in [0.4, 0.5) is 9.59 Å². The monoisotopic (exact) mass is 480 g/mol. The summed E-state index contributed by atoms with van der Waals surface area (Å²) in [6, 6.07) is 13.6. The molecule has 1 aromatic heterocycles. The van der Waals surface area contributed by atoms with Gasteiger partial charge in [0.1, 0.15) is 12.2 Å². The minimum absolute atomic E-state index is 0.126. The first kappa shape index (κ1) is 25.0. The number of ether oxygens (including phenoxy) is 2. The minimum atomic E-state index is -0.590. The van der Waals surface area contributed by atoms with Crippen molar-refractivity contribution in [1.29, 1.82) is 0 Å². The van der Waals surface area contributed by atoms with E-state index in [0.717, 1.165) is 30.5 Å². The van der Waals surface area contributed by atoms with Crippen LogP contribution in [-0.4, -0.2) is 64.8 Å². The molecule has 2 heterocycles. The zero-order valence-electron chi connectivity index (χ0n) is 20.9. The molecule has 1 aromatic carbocycles. The van der Waals surface area contributed by atoms with Crippen molar-refractivity contribution in [3.63, 3.8) is 0 Å². The van der Waals surface area contributed by atoms with E-state index in [2.05, 4.69) is 16.4 Å². The van der Waals surface area contributed by atoms with Gasteiger partial charge in [-0.1, -0.05) is 36.4 Å². The summed E-state index contributed by atoms with van der Waals surface area (Å²) in [5.41, 5.74) is 2.70. The molecule has 1 N–H and O–H groups in total. The maximum Gasteiger partial charge on any atom is 0.410 e. The number of nitrogens with one attached hydrogen (secondary N) is 1. The number of carbonyl (C=O) groups excluding carboxylic acids is 2. The molecule has 2 atom stereocenters. The Kier molecular flexibility index (Phi) is 7.90. The van der Waals surface area contributed by atoms with E-state index in [1.165, 1.54) is 5.56 Å². The van der Waals surface area contributed by atoms with Gasteiger partial charge in [0.05, 0.1) is 11.7 Å². The van der Waals surface area contributed by atoms with Crippen molar-refractivity contribution < 1.29 is 19.1 Å². The highest BCUT2D eigenvalue weighted by atomic mass is 16.6. The van der Waals surface area contributed by atoms with Gasteiger partial charge in [-0.15, -0.1) is 0 Å². The van der Waals surface area contributed by atoms with Crippen LogP contribution < -0.4 is 5.32 Å². The van der Waals surface area contributed by atoms with Gasteiger partial charge in [0.25, 0.3) is 0 Å². The van der Waals surface area contributed by atoms with Crippen LogP contribution in [0.25, 0.3) is 0 Å². The molecule has 1 unspecified atom stereocenters. The Morgan fingerprint density at radius 3 is 2.66 bits per heavy atom. The van der Waals surface area contributed by atoms with Gasteiger partial charge in [0, 0.05) is 38.4 Å². The number of hydrogen-bond donors (Lipinski definition) is 1. The molecule has 1 saturated heterocycles. The van der Waals surface area contributed by atoms with Crippen LogP contribution in [0.1, 0.15) is 56.5 Å². The minimum Gasteiger partial charge on any atom is -0.445 e. The second-order valence-electron chi connectivity index (χ2n) is 10.2. The quantitative estimate of drug-likeness (QED) is 0.687. The van der Waals surface area contributed by atoms with E-state index in [4.69, 9.17) is 9.47 Å². The Balaban J connectivity index is 1.42. The van der Waals surface area contributed by atoms with Crippen molar-refractivity contribution in [2.24, 2.45) is 0 Å². The molecule has 2 amide bonds. The largest absolute Gasteiger partial charge is 0.445 e. The average Bonchev–Trinajstić information content (AvgIpc) is 2.85. The van der Waals surface area contributed by atoms with E-state index in [1.807, 2.05) is 63.4 Å². The lowest BCUT2D eigenvalue weighted by molar-refractivity contribution is -0.00343. The van der Waals surface area contributed by atoms with Crippen molar-refractivity contribution >= 4 is 12.2 Å². The number of nitrogens with zero attached hydrogens (tertiary/aromatic N) is 3. The third kappa shape index (κ3) is 6.72. The number of amides is 2. The Labute approximate surface area is 207 Å². The van der Waals surface area contributed by atoms with E-state index in [-0.39, 0.29) is 30.9 Å². The molecule has 8 heteroatoms. The lowest BCUT2D eigenvalue weighted by Crippen LogP contribution is -2.60. The molecule has 1 aliphatic carbocycles. The van der Waals surface area contributed by atoms with Crippen LogP contribution in [0, 0.1) is 0 Å². The molecule has 0 radical (unpaired) electrons. The highest BCUT2D eigenvalue weighted by molar-refractivity contribution is 5.71. The first-order valence-electron chi connectivity index (χ1n) is 12.4. The van der Waals surface area contributed by atoms with Gasteiger partial charge in [-0.25, -0.2) is 9.59 Å². The van der Waals surface area contributed by atoms with E-state index < -0.39 is 5.60 Å². The second-order valence-corrected chi connectivity index (χ2v) is 10.2. The highest BCUT2D eigenvalue weighted by Gasteiger charge is 2.36. The van der Waals surface area contributed by atoms with Gasteiger partial charge in [-0.3, -0.25) is 4.98 Å².